The number of pyridine rings is 1. The first-order valence-corrected chi connectivity index (χ1v) is 27.9. The van der Waals surface area contributed by atoms with Crippen LogP contribution >= 0.6 is 34.2 Å². The Bertz CT molecular complexity index is 1960. The molecule has 0 fully saturated rings. The van der Waals surface area contributed by atoms with Crippen molar-refractivity contribution < 1.29 is 13.5 Å². The van der Waals surface area contributed by atoms with Crippen molar-refractivity contribution >= 4 is 34.2 Å². The summed E-state index contributed by atoms with van der Waals surface area (Å²) >= 11 is 4.86. The molecular weight excluding hydrogens is 1020 g/mol. The zero-order valence-electron chi connectivity index (χ0n) is 50.0. The molecular formula is C57H92N14O3S3. The maximum atomic E-state index is 4.83. The van der Waals surface area contributed by atoms with E-state index in [1.807, 2.05) is 227 Å². The first kappa shape index (κ1) is 78.5. The van der Waals surface area contributed by atoms with E-state index in [4.69, 9.17) is 4.42 Å². The Morgan fingerprint density at radius 3 is 1.29 bits per heavy atom. The summed E-state index contributed by atoms with van der Waals surface area (Å²) in [5.74, 6) is 0.968. The van der Waals surface area contributed by atoms with Crippen LogP contribution in [0.25, 0.3) is 0 Å². The van der Waals surface area contributed by atoms with Gasteiger partial charge in [-0.05, 0) is 125 Å². The number of aryl methyl sites for hydroxylation is 11. The molecule has 0 aliphatic carbocycles. The minimum Gasteiger partial charge on any atom is -0.470 e. The van der Waals surface area contributed by atoms with Crippen LogP contribution in [0.15, 0.2) is 189 Å². The monoisotopic (exact) mass is 1120 g/mol. The van der Waals surface area contributed by atoms with Crippen LogP contribution in [0.1, 0.15) is 109 Å². The number of thiazole rings is 1. The van der Waals surface area contributed by atoms with Crippen molar-refractivity contribution in [3.8, 4) is 0 Å². The van der Waals surface area contributed by atoms with Crippen LogP contribution in [0.4, 0.5) is 0 Å². The SMILES string of the molecule is CC.CC.CC.CC.CC.Cc1ccccn1.Cc1ccco1.Cc1ccon1.Cc1ccsc1.Cc1ccsn1.Cc1cnoc1.Cc1cscn1.Cn1cccn1.Cn1cccn1.Cn1ccnc1.Cn1cncn1. The summed E-state index contributed by atoms with van der Waals surface area (Å²) < 4.78 is 24.7. The summed E-state index contributed by atoms with van der Waals surface area (Å²) in [6, 6.07) is 19.3. The average molecular weight is 1120 g/mol. The van der Waals surface area contributed by atoms with Gasteiger partial charge in [0.2, 0.25) is 0 Å². The van der Waals surface area contributed by atoms with E-state index in [-0.39, 0.29) is 0 Å². The Morgan fingerprint density at radius 1 is 0.481 bits per heavy atom. The Balaban J connectivity index is -0.000000243. The molecule has 11 heterocycles. The summed E-state index contributed by atoms with van der Waals surface area (Å²) in [4.78, 5) is 15.4. The third kappa shape index (κ3) is 61.0. The van der Waals surface area contributed by atoms with Gasteiger partial charge < -0.3 is 18.0 Å². The number of furan rings is 1. The summed E-state index contributed by atoms with van der Waals surface area (Å²) in [5.41, 5.74) is 8.47. The van der Waals surface area contributed by atoms with Gasteiger partial charge in [-0.2, -0.15) is 31.0 Å². The topological polar surface area (TPSA) is 188 Å². The first-order valence-electron chi connectivity index (χ1n) is 25.2. The van der Waals surface area contributed by atoms with Gasteiger partial charge in [0.15, 0.2) is 0 Å². The van der Waals surface area contributed by atoms with Gasteiger partial charge in [0.1, 0.15) is 30.9 Å². The molecule has 11 aromatic heterocycles. The number of hydrogen-bond acceptors (Lipinski definition) is 16. The molecule has 0 spiro atoms. The normalized spacial score (nSPS) is 8.06. The van der Waals surface area contributed by atoms with Gasteiger partial charge in [-0.25, -0.2) is 9.97 Å². The van der Waals surface area contributed by atoms with Crippen LogP contribution in [0.5, 0.6) is 0 Å². The number of thiophene rings is 1. The first-order chi connectivity index (χ1) is 37.3. The fourth-order valence-electron chi connectivity index (χ4n) is 3.50. The molecule has 0 amide bonds. The maximum Gasteiger partial charge on any atom is 0.137 e. The molecule has 77 heavy (non-hydrogen) atoms. The van der Waals surface area contributed by atoms with E-state index < -0.39 is 0 Å². The standard InChI is InChI=1S/C6H7N.C5H6O.C5H6S.3C4H6N2.2C4H5NO.2C4H5NS.C3H5N3.5C2H6/c1-6-4-2-3-5-7-6;1-5-3-2-4-6-5;1-5-2-3-6-4-5;1-6-3-2-5-4-6;2*1-6-4-2-3-5-6;1-4-2-5-6-3-4;1-4-2-3-6-5-4;1-4-2-6-3-5-4;1-4-2-3-6-5-4;1-6-3-4-2-5-6;5*1-2/h2-5H,1H3;5*2-4H,1H3;5*2-3H,1H3;5*1-2H3. The van der Waals surface area contributed by atoms with E-state index in [0.717, 1.165) is 34.1 Å². The molecule has 0 aliphatic rings. The molecule has 0 aromatic carbocycles. The second-order valence-electron chi connectivity index (χ2n) is 13.3. The molecule has 0 bridgehead atoms. The predicted octanol–water partition coefficient (Wildman–Crippen LogP) is 16.1. The average Bonchev–Trinajstić information content (AvgIpc) is 4.28. The third-order valence-electron chi connectivity index (χ3n) is 6.83. The van der Waals surface area contributed by atoms with Crippen molar-refractivity contribution in [2.24, 2.45) is 28.2 Å². The summed E-state index contributed by atoms with van der Waals surface area (Å²) in [6.45, 7) is 33.8. The van der Waals surface area contributed by atoms with Crippen molar-refractivity contribution in [2.45, 2.75) is 118 Å². The lowest BCUT2D eigenvalue weighted by molar-refractivity contribution is 0.415. The third-order valence-corrected chi connectivity index (χ3v) is 8.99. The second kappa shape index (κ2) is 62.9. The smallest absolute Gasteiger partial charge is 0.137 e. The summed E-state index contributed by atoms with van der Waals surface area (Å²) in [6.07, 6.45) is 24.1. The molecule has 11 aromatic rings. The summed E-state index contributed by atoms with van der Waals surface area (Å²) in [7, 11) is 7.54. The van der Waals surface area contributed by atoms with Crippen molar-refractivity contribution in [3.05, 3.63) is 215 Å². The number of imidazole rings is 1. The molecule has 0 unspecified atom stereocenters. The highest BCUT2D eigenvalue weighted by atomic mass is 32.1. The number of hydrogen-bond donors (Lipinski definition) is 0. The molecule has 17 nitrogen and oxygen atoms in total. The number of aromatic nitrogens is 14. The van der Waals surface area contributed by atoms with Crippen molar-refractivity contribution in [3.63, 3.8) is 0 Å². The van der Waals surface area contributed by atoms with Gasteiger partial charge in [0, 0.05) is 105 Å². The van der Waals surface area contributed by atoms with Crippen LogP contribution in [0, 0.1) is 48.5 Å². The lowest BCUT2D eigenvalue weighted by Gasteiger charge is -1.82. The fourth-order valence-corrected chi connectivity index (χ4v) is 5.26. The molecule has 0 atom stereocenters. The fraction of sp³-hybridized carbons (Fsp3) is 0.368. The zero-order chi connectivity index (χ0) is 59.2. The lowest BCUT2D eigenvalue weighted by Crippen LogP contribution is -1.83. The number of rotatable bonds is 0. The molecule has 0 aliphatic heterocycles. The highest BCUT2D eigenvalue weighted by Gasteiger charge is 1.80. The largest absolute Gasteiger partial charge is 0.470 e. The van der Waals surface area contributed by atoms with Crippen LogP contribution in [-0.4, -0.2) is 68.5 Å². The Labute approximate surface area is 474 Å². The Morgan fingerprint density at radius 2 is 1.14 bits per heavy atom. The van der Waals surface area contributed by atoms with E-state index in [1.165, 1.54) is 23.4 Å². The molecule has 0 saturated carbocycles. The molecule has 20 heteroatoms. The van der Waals surface area contributed by atoms with Gasteiger partial charge in [-0.3, -0.25) is 24.0 Å². The van der Waals surface area contributed by atoms with Crippen LogP contribution in [-0.2, 0) is 28.2 Å². The van der Waals surface area contributed by atoms with Crippen molar-refractivity contribution in [1.29, 1.82) is 0 Å². The van der Waals surface area contributed by atoms with Crippen LogP contribution in [0.3, 0.4) is 0 Å². The zero-order valence-corrected chi connectivity index (χ0v) is 52.4. The predicted molar refractivity (Wildman–Crippen MR) is 325 cm³/mol. The van der Waals surface area contributed by atoms with E-state index in [9.17, 15) is 0 Å². The van der Waals surface area contributed by atoms with Crippen molar-refractivity contribution in [2.75, 3.05) is 0 Å². The van der Waals surface area contributed by atoms with Gasteiger partial charge in [0.05, 0.1) is 35.7 Å². The molecule has 0 radical (unpaired) electrons. The second-order valence-corrected chi connectivity index (χ2v) is 15.4. The Kier molecular flexibility index (Phi) is 64.1. The molecule has 11 rings (SSSR count). The minimum atomic E-state index is 0.926. The highest BCUT2D eigenvalue weighted by Crippen LogP contribution is 2.01. The molecule has 0 saturated heterocycles. The number of nitrogens with zero attached hydrogens (tertiary/aromatic N) is 14. The summed E-state index contributed by atoms with van der Waals surface area (Å²) in [5, 5.41) is 26.6. The van der Waals surface area contributed by atoms with Gasteiger partial charge >= 0.3 is 0 Å². The van der Waals surface area contributed by atoms with E-state index in [0.29, 0.717) is 0 Å². The van der Waals surface area contributed by atoms with E-state index in [2.05, 4.69) is 82.7 Å². The van der Waals surface area contributed by atoms with E-state index >= 15 is 0 Å². The lowest BCUT2D eigenvalue weighted by atomic mass is 10.4. The molecule has 0 N–H and O–H groups in total. The highest BCUT2D eigenvalue weighted by molar-refractivity contribution is 7.08. The quantitative estimate of drug-likeness (QED) is 0.140. The minimum absolute atomic E-state index is 0.926. The van der Waals surface area contributed by atoms with Gasteiger partial charge in [-0.1, -0.05) is 85.6 Å². The Hall–Kier alpha value is -7.42. The van der Waals surface area contributed by atoms with Crippen LogP contribution in [0.2, 0.25) is 0 Å². The van der Waals surface area contributed by atoms with E-state index in [1.54, 1.807) is 105 Å². The van der Waals surface area contributed by atoms with Gasteiger partial charge in [-0.15, -0.1) is 11.3 Å². The van der Waals surface area contributed by atoms with Crippen LogP contribution < -0.4 is 0 Å². The maximum absolute atomic E-state index is 4.83. The molecule has 426 valence electrons. The van der Waals surface area contributed by atoms with Gasteiger partial charge in [0.25, 0.3) is 0 Å². The van der Waals surface area contributed by atoms with Crippen molar-refractivity contribution in [1.82, 2.24) is 68.5 Å².